The van der Waals surface area contributed by atoms with Crippen LogP contribution in [0.25, 0.3) is 0 Å². The maximum Gasteiger partial charge on any atom is 0.411 e. The van der Waals surface area contributed by atoms with E-state index >= 15 is 0 Å². The maximum atomic E-state index is 12.1. The van der Waals surface area contributed by atoms with Crippen molar-refractivity contribution in [1.82, 2.24) is 9.80 Å². The zero-order valence-corrected chi connectivity index (χ0v) is 15.1. The molecule has 2 aliphatic heterocycles. The van der Waals surface area contributed by atoms with Crippen molar-refractivity contribution < 1.29 is 19.4 Å². The number of hydrogen-bond donors (Lipinski definition) is 1. The SMILES string of the molecule is CC#CCOC(=O)N1CCC2=C(CN(Cc3ccc(C(=O)O)cc3)C=N2)C1. The molecule has 1 aromatic rings. The minimum Gasteiger partial charge on any atom is -0.478 e. The lowest BCUT2D eigenvalue weighted by atomic mass is 10.0. The Labute approximate surface area is 157 Å². The minimum absolute atomic E-state index is 0.106. The number of carbonyl (C=O) groups is 2. The quantitative estimate of drug-likeness (QED) is 0.826. The predicted molar refractivity (Wildman–Crippen MR) is 100 cm³/mol. The van der Waals surface area contributed by atoms with Gasteiger partial charge in [0.15, 0.2) is 6.61 Å². The number of aliphatic imine (C=N–C) groups is 1. The highest BCUT2D eigenvalue weighted by atomic mass is 16.6. The highest BCUT2D eigenvalue weighted by molar-refractivity contribution is 5.87. The van der Waals surface area contributed by atoms with Crippen LogP contribution in [0.5, 0.6) is 0 Å². The molecule has 2 aliphatic rings. The molecule has 0 saturated carbocycles. The van der Waals surface area contributed by atoms with Crippen molar-refractivity contribution >= 4 is 18.4 Å². The van der Waals surface area contributed by atoms with Gasteiger partial charge in [0, 0.05) is 38.3 Å². The minimum atomic E-state index is -0.935. The highest BCUT2D eigenvalue weighted by Crippen LogP contribution is 2.24. The number of aromatic carboxylic acids is 1. The fourth-order valence-corrected chi connectivity index (χ4v) is 3.05. The van der Waals surface area contributed by atoms with E-state index in [0.29, 0.717) is 32.6 Å². The van der Waals surface area contributed by atoms with Crippen molar-refractivity contribution in [2.45, 2.75) is 19.9 Å². The van der Waals surface area contributed by atoms with Gasteiger partial charge < -0.3 is 19.6 Å². The molecule has 7 heteroatoms. The second kappa shape index (κ2) is 8.41. The third-order valence-corrected chi connectivity index (χ3v) is 4.47. The molecule has 3 rings (SSSR count). The summed E-state index contributed by atoms with van der Waals surface area (Å²) in [7, 11) is 0. The summed E-state index contributed by atoms with van der Waals surface area (Å²) in [6, 6.07) is 6.81. The second-order valence-corrected chi connectivity index (χ2v) is 6.35. The van der Waals surface area contributed by atoms with E-state index in [2.05, 4.69) is 16.8 Å². The Kier molecular flexibility index (Phi) is 5.77. The van der Waals surface area contributed by atoms with Gasteiger partial charge in [-0.2, -0.15) is 0 Å². The molecule has 0 aromatic heterocycles. The number of amides is 1. The Morgan fingerprint density at radius 1 is 1.26 bits per heavy atom. The fourth-order valence-electron chi connectivity index (χ4n) is 3.05. The maximum absolute atomic E-state index is 12.1. The number of nitrogens with zero attached hydrogens (tertiary/aromatic N) is 3. The number of carboxylic acids is 1. The number of benzene rings is 1. The van der Waals surface area contributed by atoms with E-state index in [1.165, 1.54) is 0 Å². The number of rotatable bonds is 4. The summed E-state index contributed by atoms with van der Waals surface area (Å²) < 4.78 is 5.15. The van der Waals surface area contributed by atoms with E-state index in [-0.39, 0.29) is 18.3 Å². The van der Waals surface area contributed by atoms with Crippen LogP contribution in [0, 0.1) is 11.8 Å². The number of carboxylic acid groups (broad SMARTS) is 1. The molecule has 1 amide bonds. The zero-order chi connectivity index (χ0) is 19.2. The summed E-state index contributed by atoms with van der Waals surface area (Å²) in [6.45, 7) is 4.20. The summed E-state index contributed by atoms with van der Waals surface area (Å²) in [4.78, 5) is 31.3. The van der Waals surface area contributed by atoms with Crippen LogP contribution in [-0.2, 0) is 11.3 Å². The average Bonchev–Trinajstić information content (AvgIpc) is 2.68. The van der Waals surface area contributed by atoms with Crippen LogP contribution in [0.1, 0.15) is 29.3 Å². The molecule has 0 aliphatic carbocycles. The Balaban J connectivity index is 1.58. The normalized spacial score (nSPS) is 15.7. The molecule has 0 saturated heterocycles. The molecule has 2 heterocycles. The van der Waals surface area contributed by atoms with E-state index < -0.39 is 5.97 Å². The van der Waals surface area contributed by atoms with Gasteiger partial charge in [-0.15, -0.1) is 5.92 Å². The molecule has 0 bridgehead atoms. The first kappa shape index (κ1) is 18.5. The molecule has 0 fully saturated rings. The second-order valence-electron chi connectivity index (χ2n) is 6.35. The summed E-state index contributed by atoms with van der Waals surface area (Å²) in [5, 5.41) is 8.98. The van der Waals surface area contributed by atoms with E-state index in [9.17, 15) is 9.59 Å². The first-order valence-corrected chi connectivity index (χ1v) is 8.69. The first-order chi connectivity index (χ1) is 13.1. The van der Waals surface area contributed by atoms with Gasteiger partial charge in [0.2, 0.25) is 0 Å². The monoisotopic (exact) mass is 367 g/mol. The van der Waals surface area contributed by atoms with E-state index in [1.54, 1.807) is 36.1 Å². The van der Waals surface area contributed by atoms with Crippen molar-refractivity contribution in [2.75, 3.05) is 26.2 Å². The van der Waals surface area contributed by atoms with Gasteiger partial charge in [-0.25, -0.2) is 14.6 Å². The van der Waals surface area contributed by atoms with Crippen molar-refractivity contribution in [3.8, 4) is 11.8 Å². The Bertz CT molecular complexity index is 846. The molecular weight excluding hydrogens is 346 g/mol. The number of carbonyl (C=O) groups excluding carboxylic acids is 1. The topological polar surface area (TPSA) is 82.4 Å². The largest absolute Gasteiger partial charge is 0.478 e. The number of hydrogen-bond acceptors (Lipinski definition) is 5. The van der Waals surface area contributed by atoms with E-state index in [0.717, 1.165) is 16.8 Å². The molecule has 7 nitrogen and oxygen atoms in total. The van der Waals surface area contributed by atoms with Crippen LogP contribution >= 0.6 is 0 Å². The fraction of sp³-hybridized carbons (Fsp3) is 0.350. The molecule has 140 valence electrons. The van der Waals surface area contributed by atoms with Crippen LogP contribution in [0.2, 0.25) is 0 Å². The lowest BCUT2D eigenvalue weighted by Gasteiger charge is -2.34. The van der Waals surface area contributed by atoms with Crippen LogP contribution in [0.15, 0.2) is 40.5 Å². The Hall–Kier alpha value is -3.27. The lowest BCUT2D eigenvalue weighted by Crippen LogP contribution is -2.41. The van der Waals surface area contributed by atoms with Crippen LogP contribution in [0.4, 0.5) is 4.79 Å². The van der Waals surface area contributed by atoms with Gasteiger partial charge in [-0.3, -0.25) is 0 Å². The van der Waals surface area contributed by atoms with Gasteiger partial charge in [0.1, 0.15) is 0 Å². The predicted octanol–water partition coefficient (Wildman–Crippen LogP) is 2.35. The van der Waals surface area contributed by atoms with Crippen molar-refractivity contribution in [1.29, 1.82) is 0 Å². The smallest absolute Gasteiger partial charge is 0.411 e. The van der Waals surface area contributed by atoms with Gasteiger partial charge in [-0.05, 0) is 30.2 Å². The Morgan fingerprint density at radius 2 is 2.04 bits per heavy atom. The molecule has 0 radical (unpaired) electrons. The van der Waals surface area contributed by atoms with Crippen LogP contribution < -0.4 is 0 Å². The number of ether oxygens (including phenoxy) is 1. The molecule has 27 heavy (non-hydrogen) atoms. The van der Waals surface area contributed by atoms with Crippen LogP contribution in [-0.4, -0.2) is 59.5 Å². The summed E-state index contributed by atoms with van der Waals surface area (Å²) >= 11 is 0. The van der Waals surface area contributed by atoms with E-state index in [1.807, 2.05) is 11.2 Å². The molecule has 0 unspecified atom stereocenters. The first-order valence-electron chi connectivity index (χ1n) is 8.69. The average molecular weight is 367 g/mol. The van der Waals surface area contributed by atoms with Crippen molar-refractivity contribution in [2.24, 2.45) is 4.99 Å². The molecule has 1 N–H and O–H groups in total. The third kappa shape index (κ3) is 4.67. The summed E-state index contributed by atoms with van der Waals surface area (Å²) in [5.41, 5.74) is 3.40. The van der Waals surface area contributed by atoms with Gasteiger partial charge >= 0.3 is 12.1 Å². The third-order valence-electron chi connectivity index (χ3n) is 4.47. The zero-order valence-electron chi connectivity index (χ0n) is 15.1. The van der Waals surface area contributed by atoms with Gasteiger partial charge in [-0.1, -0.05) is 18.1 Å². The molecular formula is C20H21N3O4. The summed E-state index contributed by atoms with van der Waals surface area (Å²) in [6.07, 6.45) is 2.17. The van der Waals surface area contributed by atoms with Crippen LogP contribution in [0.3, 0.4) is 0 Å². The highest BCUT2D eigenvalue weighted by Gasteiger charge is 2.26. The standard InChI is InChI=1S/C20H21N3O4/c1-2-3-10-27-20(26)23-9-8-18-17(13-23)12-22(14-21-18)11-15-4-6-16(7-5-15)19(24)25/h4-7,14H,8-13H2,1H3,(H,24,25). The lowest BCUT2D eigenvalue weighted by molar-refractivity contribution is 0.0696. The molecule has 0 spiro atoms. The van der Waals surface area contributed by atoms with E-state index in [4.69, 9.17) is 9.84 Å². The summed E-state index contributed by atoms with van der Waals surface area (Å²) in [5.74, 6) is 4.48. The molecule has 1 aromatic carbocycles. The molecule has 0 atom stereocenters. The Morgan fingerprint density at radius 3 is 2.74 bits per heavy atom. The van der Waals surface area contributed by atoms with Gasteiger partial charge in [0.25, 0.3) is 0 Å². The van der Waals surface area contributed by atoms with Crippen molar-refractivity contribution in [3.63, 3.8) is 0 Å². The van der Waals surface area contributed by atoms with Crippen molar-refractivity contribution in [3.05, 3.63) is 46.7 Å². The van der Waals surface area contributed by atoms with Gasteiger partial charge in [0.05, 0.1) is 11.9 Å².